The molecule has 5 rings (SSSR count). The van der Waals surface area contributed by atoms with Gasteiger partial charge < -0.3 is 15.0 Å². The number of benzene rings is 1. The monoisotopic (exact) mass is 297 g/mol. The van der Waals surface area contributed by atoms with E-state index in [1.54, 1.807) is 12.3 Å². The molecule has 22 heavy (non-hydrogen) atoms. The van der Waals surface area contributed by atoms with Gasteiger partial charge in [0.1, 0.15) is 0 Å². The largest absolute Gasteiger partial charge is 0.414 e. The Labute approximate surface area is 129 Å². The number of carbonyl (C=O) groups excluding carboxylic acids is 1. The van der Waals surface area contributed by atoms with Crippen LogP contribution in [0.3, 0.4) is 0 Å². The Kier molecular flexibility index (Phi) is 3.42. The Balaban J connectivity index is 1.42. The molecule has 1 amide bonds. The Bertz CT molecular complexity index is 695. The molecule has 5 heteroatoms. The number of nitrogens with zero attached hydrogens (tertiary/aromatic N) is 2. The number of nitrogens with one attached hydrogen (secondary N) is 1. The molecule has 0 spiro atoms. The van der Waals surface area contributed by atoms with Crippen LogP contribution in [-0.4, -0.2) is 41.7 Å². The number of piperidine rings is 3. The lowest BCUT2D eigenvalue weighted by molar-refractivity contribution is 0.0723. The molecule has 1 atom stereocenters. The fourth-order valence-electron chi connectivity index (χ4n) is 3.52. The number of amides is 1. The van der Waals surface area contributed by atoms with E-state index in [1.807, 2.05) is 24.3 Å². The van der Waals surface area contributed by atoms with Gasteiger partial charge in [-0.1, -0.05) is 24.3 Å². The van der Waals surface area contributed by atoms with E-state index in [4.69, 9.17) is 4.74 Å². The van der Waals surface area contributed by atoms with E-state index in [0.717, 1.165) is 30.4 Å². The van der Waals surface area contributed by atoms with Crippen LogP contribution in [0, 0.1) is 5.92 Å². The molecule has 3 aliphatic heterocycles. The van der Waals surface area contributed by atoms with Crippen LogP contribution in [0.5, 0.6) is 5.88 Å². The number of hydrogen-bond donors (Lipinski definition) is 1. The van der Waals surface area contributed by atoms with Crippen LogP contribution < -0.4 is 10.1 Å². The summed E-state index contributed by atoms with van der Waals surface area (Å²) in [6, 6.07) is 9.89. The highest BCUT2D eigenvalue weighted by Crippen LogP contribution is 2.27. The van der Waals surface area contributed by atoms with E-state index in [-0.39, 0.29) is 6.04 Å². The van der Waals surface area contributed by atoms with Gasteiger partial charge in [0.05, 0.1) is 0 Å². The summed E-state index contributed by atoms with van der Waals surface area (Å²) in [5.41, 5.74) is 0. The molecule has 3 fully saturated rings. The average Bonchev–Trinajstić information content (AvgIpc) is 2.56. The summed E-state index contributed by atoms with van der Waals surface area (Å²) in [6.07, 6.45) is 3.66. The van der Waals surface area contributed by atoms with Crippen molar-refractivity contribution in [1.82, 2.24) is 15.2 Å². The molecule has 1 aromatic carbocycles. The number of ether oxygens (including phenoxy) is 1. The normalized spacial score (nSPS) is 26.8. The average molecular weight is 297 g/mol. The van der Waals surface area contributed by atoms with Crippen LogP contribution >= 0.6 is 0 Å². The lowest BCUT2D eigenvalue weighted by Crippen LogP contribution is -2.57. The number of hydrogen-bond acceptors (Lipinski definition) is 4. The van der Waals surface area contributed by atoms with Crippen molar-refractivity contribution in [2.45, 2.75) is 18.9 Å². The van der Waals surface area contributed by atoms with E-state index in [2.05, 4.69) is 15.2 Å². The molecule has 1 N–H and O–H groups in total. The van der Waals surface area contributed by atoms with Crippen LogP contribution in [-0.2, 0) is 0 Å². The van der Waals surface area contributed by atoms with Crippen molar-refractivity contribution in [2.24, 2.45) is 5.92 Å². The highest BCUT2D eigenvalue weighted by atomic mass is 16.6. The maximum atomic E-state index is 12.1. The minimum Gasteiger partial charge on any atom is -0.391 e. The Morgan fingerprint density at radius 1 is 1.23 bits per heavy atom. The highest BCUT2D eigenvalue weighted by Gasteiger charge is 2.35. The van der Waals surface area contributed by atoms with Crippen molar-refractivity contribution in [3.63, 3.8) is 0 Å². The van der Waals surface area contributed by atoms with Gasteiger partial charge >= 0.3 is 6.09 Å². The molecule has 114 valence electrons. The molecule has 0 radical (unpaired) electrons. The molecule has 0 saturated carbocycles. The summed E-state index contributed by atoms with van der Waals surface area (Å²) in [4.78, 5) is 18.7. The molecule has 2 bridgehead atoms. The van der Waals surface area contributed by atoms with Crippen molar-refractivity contribution in [2.75, 3.05) is 19.6 Å². The van der Waals surface area contributed by atoms with E-state index in [0.29, 0.717) is 11.8 Å². The van der Waals surface area contributed by atoms with Crippen LogP contribution in [0.2, 0.25) is 0 Å². The minimum atomic E-state index is -0.401. The van der Waals surface area contributed by atoms with E-state index in [9.17, 15) is 4.79 Å². The van der Waals surface area contributed by atoms with Gasteiger partial charge in [0.25, 0.3) is 0 Å². The standard InChI is InChI=1S/C17H19N3O2/c21-17(19-15-11-20-7-5-12(15)6-8-20)22-16-9-13-3-1-2-4-14(13)10-18-16/h1-4,9-10,12,15H,5-8,11H2,(H,19,21)/t15-/m1/s1. The van der Waals surface area contributed by atoms with Crippen molar-refractivity contribution < 1.29 is 9.53 Å². The van der Waals surface area contributed by atoms with Crippen LogP contribution in [0.4, 0.5) is 4.79 Å². The van der Waals surface area contributed by atoms with Gasteiger partial charge in [0.15, 0.2) is 0 Å². The molecule has 3 saturated heterocycles. The van der Waals surface area contributed by atoms with Gasteiger partial charge in [-0.2, -0.15) is 0 Å². The van der Waals surface area contributed by atoms with Gasteiger partial charge in [-0.25, -0.2) is 9.78 Å². The van der Waals surface area contributed by atoms with E-state index >= 15 is 0 Å². The summed E-state index contributed by atoms with van der Waals surface area (Å²) < 4.78 is 5.35. The number of aromatic nitrogens is 1. The summed E-state index contributed by atoms with van der Waals surface area (Å²) >= 11 is 0. The maximum absolute atomic E-state index is 12.1. The van der Waals surface area contributed by atoms with Crippen molar-refractivity contribution in [1.29, 1.82) is 0 Å². The summed E-state index contributed by atoms with van der Waals surface area (Å²) in [7, 11) is 0. The van der Waals surface area contributed by atoms with Crippen LogP contribution in [0.15, 0.2) is 36.5 Å². The van der Waals surface area contributed by atoms with Gasteiger partial charge in [0, 0.05) is 30.2 Å². The SMILES string of the molecule is O=C(N[C@@H]1CN2CCC1CC2)Oc1cc2ccccc2cn1. The molecular formula is C17H19N3O2. The van der Waals surface area contributed by atoms with E-state index < -0.39 is 6.09 Å². The first kappa shape index (κ1) is 13.5. The second kappa shape index (κ2) is 5.57. The van der Waals surface area contributed by atoms with Crippen molar-refractivity contribution in [3.8, 4) is 5.88 Å². The van der Waals surface area contributed by atoms with Gasteiger partial charge in [-0.3, -0.25) is 0 Å². The lowest BCUT2D eigenvalue weighted by Gasteiger charge is -2.44. The third-order valence-electron chi connectivity index (χ3n) is 4.76. The first-order chi connectivity index (χ1) is 10.8. The molecule has 3 aliphatic rings. The molecule has 0 unspecified atom stereocenters. The molecule has 4 heterocycles. The first-order valence-corrected chi connectivity index (χ1v) is 7.83. The topological polar surface area (TPSA) is 54.5 Å². The molecule has 1 aromatic heterocycles. The minimum absolute atomic E-state index is 0.204. The fraction of sp³-hybridized carbons (Fsp3) is 0.412. The smallest absolute Gasteiger partial charge is 0.391 e. The first-order valence-electron chi connectivity index (χ1n) is 7.83. The zero-order valence-corrected chi connectivity index (χ0v) is 12.4. The number of pyridine rings is 1. The summed E-state index contributed by atoms with van der Waals surface area (Å²) in [5.74, 6) is 0.930. The van der Waals surface area contributed by atoms with Gasteiger partial charge in [-0.15, -0.1) is 0 Å². The number of fused-ring (bicyclic) bond motifs is 4. The molecule has 5 nitrogen and oxygen atoms in total. The predicted octanol–water partition coefficient (Wildman–Crippen LogP) is 2.42. The fourth-order valence-corrected chi connectivity index (χ4v) is 3.52. The Morgan fingerprint density at radius 2 is 2.00 bits per heavy atom. The zero-order valence-electron chi connectivity index (χ0n) is 12.4. The lowest BCUT2D eigenvalue weighted by atomic mass is 9.84. The number of rotatable bonds is 2. The van der Waals surface area contributed by atoms with Crippen molar-refractivity contribution in [3.05, 3.63) is 36.5 Å². The highest BCUT2D eigenvalue weighted by molar-refractivity contribution is 5.83. The zero-order chi connectivity index (χ0) is 14.9. The maximum Gasteiger partial charge on any atom is 0.414 e. The Morgan fingerprint density at radius 3 is 2.73 bits per heavy atom. The second-order valence-corrected chi connectivity index (χ2v) is 6.15. The second-order valence-electron chi connectivity index (χ2n) is 6.15. The predicted molar refractivity (Wildman–Crippen MR) is 83.9 cm³/mol. The summed E-state index contributed by atoms with van der Waals surface area (Å²) in [6.45, 7) is 3.25. The van der Waals surface area contributed by atoms with Crippen LogP contribution in [0.25, 0.3) is 10.8 Å². The third-order valence-corrected chi connectivity index (χ3v) is 4.76. The van der Waals surface area contributed by atoms with E-state index in [1.165, 1.54) is 12.8 Å². The quantitative estimate of drug-likeness (QED) is 0.925. The summed E-state index contributed by atoms with van der Waals surface area (Å²) in [5, 5.41) is 5.06. The van der Waals surface area contributed by atoms with Gasteiger partial charge in [-0.05, 0) is 37.2 Å². The third kappa shape index (κ3) is 2.64. The molecule has 2 aromatic rings. The molecular weight excluding hydrogens is 278 g/mol. The van der Waals surface area contributed by atoms with Crippen LogP contribution in [0.1, 0.15) is 12.8 Å². The van der Waals surface area contributed by atoms with Crippen molar-refractivity contribution >= 4 is 16.9 Å². The van der Waals surface area contributed by atoms with Gasteiger partial charge in [0.2, 0.25) is 5.88 Å². The molecule has 0 aliphatic carbocycles. The Hall–Kier alpha value is -2.14. The number of carbonyl (C=O) groups is 1.